The van der Waals surface area contributed by atoms with Crippen LogP contribution in [0.3, 0.4) is 0 Å². The molecule has 0 rings (SSSR count). The maximum Gasteiger partial charge on any atom is 0.306 e. The minimum absolute atomic E-state index is 0.0961. The van der Waals surface area contributed by atoms with E-state index in [1.54, 1.807) is 0 Å². The summed E-state index contributed by atoms with van der Waals surface area (Å²) in [4.78, 5) is 38.4. The zero-order valence-electron chi connectivity index (χ0n) is 54.4. The summed E-state index contributed by atoms with van der Waals surface area (Å²) in [6.45, 7) is 6.39. The van der Waals surface area contributed by atoms with Gasteiger partial charge in [-0.3, -0.25) is 14.4 Å². The Balaban J connectivity index is 4.34. The number of unbranched alkanes of at least 4 members (excludes halogenated alkanes) is 32. The fourth-order valence-corrected chi connectivity index (χ4v) is 9.76. The molecule has 0 aliphatic rings. The summed E-state index contributed by atoms with van der Waals surface area (Å²) in [5.41, 5.74) is 0. The number of rotatable bonds is 63. The lowest BCUT2D eigenvalue weighted by Crippen LogP contribution is -2.30. The third kappa shape index (κ3) is 68.5. The third-order valence-electron chi connectivity index (χ3n) is 14.9. The average molecular weight is 1150 g/mol. The van der Waals surface area contributed by atoms with Crippen LogP contribution < -0.4 is 0 Å². The van der Waals surface area contributed by atoms with Gasteiger partial charge in [0.05, 0.1) is 0 Å². The van der Waals surface area contributed by atoms with Crippen molar-refractivity contribution in [2.24, 2.45) is 0 Å². The molecule has 83 heavy (non-hydrogen) atoms. The number of esters is 3. The zero-order chi connectivity index (χ0) is 59.9. The van der Waals surface area contributed by atoms with Crippen molar-refractivity contribution in [2.75, 3.05) is 13.2 Å². The van der Waals surface area contributed by atoms with E-state index in [1.165, 1.54) is 180 Å². The summed E-state index contributed by atoms with van der Waals surface area (Å²) in [5.74, 6) is -0.947. The summed E-state index contributed by atoms with van der Waals surface area (Å²) in [6.07, 6.45) is 98.0. The fraction of sp³-hybridized carbons (Fsp3) is 0.701. The number of hydrogen-bond acceptors (Lipinski definition) is 6. The molecule has 0 bridgehead atoms. The Kier molecular flexibility index (Phi) is 66.7. The van der Waals surface area contributed by atoms with Crippen molar-refractivity contribution in [3.63, 3.8) is 0 Å². The van der Waals surface area contributed by atoms with Crippen LogP contribution in [0.15, 0.2) is 122 Å². The van der Waals surface area contributed by atoms with E-state index in [0.29, 0.717) is 19.3 Å². The van der Waals surface area contributed by atoms with E-state index >= 15 is 0 Å². The molecule has 1 unspecified atom stereocenters. The zero-order valence-corrected chi connectivity index (χ0v) is 54.4. The van der Waals surface area contributed by atoms with Gasteiger partial charge in [-0.2, -0.15) is 0 Å². The standard InChI is InChI=1S/C77H130O6/c1-4-7-10-13-16-19-22-25-28-31-33-34-35-36-37-38-39-40-41-42-44-46-49-52-55-58-61-64-67-70-76(79)82-73-74(72-81-75(78)69-66-63-60-57-54-51-48-45-30-27-24-21-18-15-12-9-6-3)83-77(80)71-68-65-62-59-56-53-50-47-43-32-29-26-23-20-17-14-11-8-5-2/h7,9-10,12,16,18-19,21,25-30,33-34,48,51,57,60,74H,4-6,8,11,13-15,17,20,22-24,31-32,35-47,49-50,52-56,58-59,61-73H2,1-3H3/b10-7-,12-9-,19-16-,21-18-,28-25-,29-26-,30-27-,34-33-,51-48-,60-57-. The molecule has 0 aliphatic heterocycles. The van der Waals surface area contributed by atoms with E-state index in [9.17, 15) is 14.4 Å². The van der Waals surface area contributed by atoms with Crippen LogP contribution in [0, 0.1) is 0 Å². The minimum atomic E-state index is -0.806. The molecular weight excluding hydrogens is 1020 g/mol. The number of carbonyl (C=O) groups excluding carboxylic acids is 3. The van der Waals surface area contributed by atoms with Crippen molar-refractivity contribution in [1.29, 1.82) is 0 Å². The molecule has 474 valence electrons. The van der Waals surface area contributed by atoms with E-state index in [2.05, 4.69) is 142 Å². The minimum Gasteiger partial charge on any atom is -0.462 e. The van der Waals surface area contributed by atoms with Crippen LogP contribution in [-0.4, -0.2) is 37.2 Å². The molecule has 1 atom stereocenters. The van der Waals surface area contributed by atoms with E-state index in [1.807, 2.05) is 0 Å². The highest BCUT2D eigenvalue weighted by molar-refractivity contribution is 5.71. The van der Waals surface area contributed by atoms with Gasteiger partial charge in [-0.25, -0.2) is 0 Å². The quantitative estimate of drug-likeness (QED) is 0.0261. The molecule has 0 aliphatic carbocycles. The molecule has 0 spiro atoms. The van der Waals surface area contributed by atoms with Crippen LogP contribution in [0.4, 0.5) is 0 Å². The molecule has 6 nitrogen and oxygen atoms in total. The highest BCUT2D eigenvalue weighted by Gasteiger charge is 2.19. The van der Waals surface area contributed by atoms with Crippen molar-refractivity contribution in [1.82, 2.24) is 0 Å². The highest BCUT2D eigenvalue weighted by atomic mass is 16.6. The topological polar surface area (TPSA) is 78.9 Å². The molecule has 0 heterocycles. The molecule has 6 heteroatoms. The number of ether oxygens (including phenoxy) is 3. The first-order valence-corrected chi connectivity index (χ1v) is 35.0. The first-order chi connectivity index (χ1) is 41.0. The third-order valence-corrected chi connectivity index (χ3v) is 14.9. The summed E-state index contributed by atoms with van der Waals surface area (Å²) in [7, 11) is 0. The van der Waals surface area contributed by atoms with Crippen molar-refractivity contribution in [3.8, 4) is 0 Å². The van der Waals surface area contributed by atoms with Crippen LogP contribution in [-0.2, 0) is 28.6 Å². The molecule has 0 aromatic carbocycles. The Bertz CT molecular complexity index is 1700. The van der Waals surface area contributed by atoms with Gasteiger partial charge in [0.1, 0.15) is 13.2 Å². The van der Waals surface area contributed by atoms with Gasteiger partial charge in [0.2, 0.25) is 0 Å². The largest absolute Gasteiger partial charge is 0.462 e. The Hall–Kier alpha value is -4.19. The van der Waals surface area contributed by atoms with Gasteiger partial charge in [0, 0.05) is 19.3 Å². The monoisotopic (exact) mass is 1150 g/mol. The maximum absolute atomic E-state index is 12.9. The average Bonchev–Trinajstić information content (AvgIpc) is 3.50. The van der Waals surface area contributed by atoms with Crippen LogP contribution in [0.1, 0.15) is 329 Å². The predicted octanol–water partition coefficient (Wildman–Crippen LogP) is 24.3. The number of carbonyl (C=O) groups is 3. The second-order valence-corrected chi connectivity index (χ2v) is 23.0. The SMILES string of the molecule is CC/C=C\C/C=C\C/C=C\C/C=C\C/C=C\CCCC(=O)OCC(COC(=O)CCCCCCCCCCCCCCCCCC/C=C\C/C=C\C/C=C\C/C=C\CC)OC(=O)CCCCCCCCCCC/C=C\CCCCCCCC. The second-order valence-electron chi connectivity index (χ2n) is 23.0. The van der Waals surface area contributed by atoms with Crippen molar-refractivity contribution < 1.29 is 28.6 Å². The fourth-order valence-electron chi connectivity index (χ4n) is 9.76. The summed E-state index contributed by atoms with van der Waals surface area (Å²) in [5, 5.41) is 0. The van der Waals surface area contributed by atoms with Crippen molar-refractivity contribution >= 4 is 17.9 Å². The molecule has 0 aromatic heterocycles. The van der Waals surface area contributed by atoms with Crippen LogP contribution in [0.5, 0.6) is 0 Å². The van der Waals surface area contributed by atoms with Crippen LogP contribution in [0.2, 0.25) is 0 Å². The van der Waals surface area contributed by atoms with Gasteiger partial charge in [0.25, 0.3) is 0 Å². The predicted molar refractivity (Wildman–Crippen MR) is 362 cm³/mol. The van der Waals surface area contributed by atoms with Gasteiger partial charge < -0.3 is 14.2 Å². The molecule has 0 saturated heterocycles. The van der Waals surface area contributed by atoms with E-state index in [4.69, 9.17) is 14.2 Å². The smallest absolute Gasteiger partial charge is 0.306 e. The van der Waals surface area contributed by atoms with E-state index < -0.39 is 6.10 Å². The van der Waals surface area contributed by atoms with Crippen molar-refractivity contribution in [2.45, 2.75) is 335 Å². The molecular formula is C77H130O6. The van der Waals surface area contributed by atoms with Gasteiger partial charge in [-0.1, -0.05) is 309 Å². The van der Waals surface area contributed by atoms with Crippen molar-refractivity contribution in [3.05, 3.63) is 122 Å². The van der Waals surface area contributed by atoms with E-state index in [0.717, 1.165) is 103 Å². The molecule has 0 saturated carbocycles. The Labute approximate surface area is 513 Å². The number of hydrogen-bond donors (Lipinski definition) is 0. The summed E-state index contributed by atoms with van der Waals surface area (Å²) >= 11 is 0. The van der Waals surface area contributed by atoms with Gasteiger partial charge in [0.15, 0.2) is 6.10 Å². The van der Waals surface area contributed by atoms with Gasteiger partial charge >= 0.3 is 17.9 Å². The molecule has 0 radical (unpaired) electrons. The van der Waals surface area contributed by atoms with Gasteiger partial charge in [-0.05, 0) is 122 Å². The highest BCUT2D eigenvalue weighted by Crippen LogP contribution is 2.17. The van der Waals surface area contributed by atoms with Gasteiger partial charge in [-0.15, -0.1) is 0 Å². The first kappa shape index (κ1) is 78.8. The Morgan fingerprint density at radius 3 is 0.795 bits per heavy atom. The lowest BCUT2D eigenvalue weighted by Gasteiger charge is -2.18. The Morgan fingerprint density at radius 1 is 0.253 bits per heavy atom. The molecule has 0 aromatic rings. The normalized spacial score (nSPS) is 12.9. The lowest BCUT2D eigenvalue weighted by molar-refractivity contribution is -0.167. The lowest BCUT2D eigenvalue weighted by atomic mass is 10.0. The van der Waals surface area contributed by atoms with Crippen LogP contribution in [0.25, 0.3) is 0 Å². The number of allylic oxidation sites excluding steroid dienone is 20. The Morgan fingerprint density at radius 2 is 0.482 bits per heavy atom. The molecule has 0 fully saturated rings. The molecule has 0 N–H and O–H groups in total. The summed E-state index contributed by atoms with van der Waals surface area (Å²) in [6, 6.07) is 0. The second kappa shape index (κ2) is 70.3. The van der Waals surface area contributed by atoms with E-state index in [-0.39, 0.29) is 37.5 Å². The summed E-state index contributed by atoms with van der Waals surface area (Å²) < 4.78 is 16.9. The van der Waals surface area contributed by atoms with Crippen LogP contribution >= 0.6 is 0 Å². The maximum atomic E-state index is 12.9. The first-order valence-electron chi connectivity index (χ1n) is 35.0. The molecule has 0 amide bonds.